The molecular formula is C52H33BN2Si. The molecule has 0 saturated carbocycles. The Morgan fingerprint density at radius 1 is 0.446 bits per heavy atom. The molecular weight excluding hydrogens is 691 g/mol. The average Bonchev–Trinajstić information content (AvgIpc) is 3.86. The van der Waals surface area contributed by atoms with Gasteiger partial charge in [0.05, 0.1) is 11.2 Å². The van der Waals surface area contributed by atoms with Crippen molar-refractivity contribution < 1.29 is 0 Å². The first-order valence-corrected chi connectivity index (χ1v) is 21.9. The first-order chi connectivity index (χ1) is 27.6. The second-order valence-corrected chi connectivity index (χ2v) is 20.2. The van der Waals surface area contributed by atoms with E-state index >= 15 is 0 Å². The fourth-order valence-electron chi connectivity index (χ4n) is 12.0. The van der Waals surface area contributed by atoms with E-state index in [-0.39, 0.29) is 6.71 Å². The smallest absolute Gasteiger partial charge is 0.252 e. The molecule has 0 N–H and O–H groups in total. The van der Waals surface area contributed by atoms with Gasteiger partial charge in [-0.15, -0.1) is 0 Å². The molecule has 0 fully saturated rings. The number of benzene rings is 8. The number of aromatic nitrogens is 2. The van der Waals surface area contributed by atoms with E-state index in [4.69, 9.17) is 0 Å². The molecule has 0 bridgehead atoms. The van der Waals surface area contributed by atoms with Gasteiger partial charge in [0.1, 0.15) is 0 Å². The molecule has 258 valence electrons. The normalized spacial score (nSPS) is 14.4. The molecule has 4 aliphatic rings. The monoisotopic (exact) mass is 724 g/mol. The third kappa shape index (κ3) is 3.20. The molecule has 4 aliphatic heterocycles. The van der Waals surface area contributed by atoms with Gasteiger partial charge >= 0.3 is 0 Å². The highest BCUT2D eigenvalue weighted by atomic mass is 28.3. The average molecular weight is 725 g/mol. The van der Waals surface area contributed by atoms with E-state index in [0.717, 1.165) is 0 Å². The van der Waals surface area contributed by atoms with Gasteiger partial charge in [0, 0.05) is 44.1 Å². The van der Waals surface area contributed by atoms with Crippen LogP contribution in [0.25, 0.3) is 77.6 Å². The second kappa shape index (κ2) is 9.97. The molecule has 14 rings (SSSR count). The Morgan fingerprint density at radius 3 is 1.80 bits per heavy atom. The first-order valence-electron chi connectivity index (χ1n) is 19.9. The van der Waals surface area contributed by atoms with E-state index in [9.17, 15) is 0 Å². The lowest BCUT2D eigenvalue weighted by Gasteiger charge is -2.43. The fourth-order valence-corrected chi connectivity index (χ4v) is 17.7. The minimum absolute atomic E-state index is 0.0955. The largest absolute Gasteiger partial charge is 0.310 e. The summed E-state index contributed by atoms with van der Waals surface area (Å²) in [5.41, 5.74) is 21.7. The van der Waals surface area contributed by atoms with Gasteiger partial charge in [0.25, 0.3) is 6.71 Å². The quantitative estimate of drug-likeness (QED) is 0.164. The summed E-state index contributed by atoms with van der Waals surface area (Å²) in [5.74, 6) is 0. The van der Waals surface area contributed by atoms with Crippen LogP contribution < -0.4 is 37.1 Å². The van der Waals surface area contributed by atoms with Crippen molar-refractivity contribution in [3.05, 3.63) is 175 Å². The molecule has 0 atom stereocenters. The standard InChI is InChI=1S/C52H33BN2Si/c1-30-26-37-38-27-31(2)29-45-51(38)55-50(37)40(28-30)53-39-21-13-20-36-46(32-14-5-3-6-15-32)48(33-16-7-4-8-17-33)54(49(36)39)41-24-25-44(52(55)47(41)53)56(45)42-22-11-9-18-34(42)35-19-10-12-23-43(35)56/h3-29H,1-2H3. The molecule has 0 amide bonds. The number of para-hydroxylation sites is 1. The summed E-state index contributed by atoms with van der Waals surface area (Å²) in [6, 6.07) is 63.2. The summed E-state index contributed by atoms with van der Waals surface area (Å²) < 4.78 is 5.40. The highest BCUT2D eigenvalue weighted by molar-refractivity contribution is 7.24. The predicted octanol–water partition coefficient (Wildman–Crippen LogP) is 7.49. The van der Waals surface area contributed by atoms with Crippen molar-refractivity contribution in [3.8, 4) is 44.9 Å². The number of hydrogen-bond acceptors (Lipinski definition) is 0. The summed E-state index contributed by atoms with van der Waals surface area (Å²) >= 11 is 0. The lowest BCUT2D eigenvalue weighted by atomic mass is 9.34. The van der Waals surface area contributed by atoms with Crippen molar-refractivity contribution in [2.75, 3.05) is 0 Å². The number of rotatable bonds is 2. The number of nitrogens with zero attached hydrogens (tertiary/aromatic N) is 2. The minimum Gasteiger partial charge on any atom is -0.310 e. The van der Waals surface area contributed by atoms with Crippen LogP contribution >= 0.6 is 0 Å². The molecule has 4 heteroatoms. The van der Waals surface area contributed by atoms with Gasteiger partial charge in [-0.05, 0) is 91.4 Å². The Labute approximate surface area is 326 Å². The van der Waals surface area contributed by atoms with Crippen LogP contribution in [0.15, 0.2) is 164 Å². The molecule has 8 aromatic carbocycles. The zero-order valence-corrected chi connectivity index (χ0v) is 32.1. The van der Waals surface area contributed by atoms with Crippen LogP contribution in [0.1, 0.15) is 11.1 Å². The molecule has 6 heterocycles. The van der Waals surface area contributed by atoms with Crippen LogP contribution in [0, 0.1) is 13.8 Å². The molecule has 0 unspecified atom stereocenters. The third-order valence-electron chi connectivity index (χ3n) is 13.7. The van der Waals surface area contributed by atoms with Gasteiger partial charge in [-0.1, -0.05) is 157 Å². The van der Waals surface area contributed by atoms with E-state index < -0.39 is 8.07 Å². The highest BCUT2D eigenvalue weighted by Crippen LogP contribution is 2.46. The zero-order chi connectivity index (χ0) is 36.6. The Bertz CT molecular complexity index is 3400. The van der Waals surface area contributed by atoms with Crippen molar-refractivity contribution in [1.29, 1.82) is 0 Å². The van der Waals surface area contributed by atoms with Crippen molar-refractivity contribution in [1.82, 2.24) is 9.13 Å². The maximum atomic E-state index is 2.75. The molecule has 0 aliphatic carbocycles. The van der Waals surface area contributed by atoms with E-state index in [0.29, 0.717) is 0 Å². The van der Waals surface area contributed by atoms with Crippen LogP contribution in [0.3, 0.4) is 0 Å². The highest BCUT2D eigenvalue weighted by Gasteiger charge is 2.56. The summed E-state index contributed by atoms with van der Waals surface area (Å²) in [6.07, 6.45) is 0. The third-order valence-corrected chi connectivity index (χ3v) is 18.6. The summed E-state index contributed by atoms with van der Waals surface area (Å²) in [4.78, 5) is 0. The number of fused-ring (bicyclic) bond motifs is 11. The molecule has 56 heavy (non-hydrogen) atoms. The first kappa shape index (κ1) is 29.7. The Kier molecular flexibility index (Phi) is 5.29. The molecule has 2 aromatic heterocycles. The van der Waals surface area contributed by atoms with Gasteiger partial charge in [-0.2, -0.15) is 0 Å². The van der Waals surface area contributed by atoms with Crippen molar-refractivity contribution in [3.63, 3.8) is 0 Å². The van der Waals surface area contributed by atoms with Crippen LogP contribution in [-0.4, -0.2) is 23.9 Å². The number of aryl methyl sites for hydroxylation is 2. The maximum absolute atomic E-state index is 2.79. The van der Waals surface area contributed by atoms with Crippen LogP contribution in [0.4, 0.5) is 0 Å². The van der Waals surface area contributed by atoms with E-state index in [1.54, 1.807) is 0 Å². The Balaban J connectivity index is 1.25. The van der Waals surface area contributed by atoms with Gasteiger partial charge in [0.2, 0.25) is 0 Å². The van der Waals surface area contributed by atoms with Gasteiger partial charge in [-0.25, -0.2) is 0 Å². The van der Waals surface area contributed by atoms with Crippen molar-refractivity contribution in [2.45, 2.75) is 13.8 Å². The Morgan fingerprint density at radius 2 is 1.07 bits per heavy atom. The molecule has 10 aromatic rings. The van der Waals surface area contributed by atoms with Crippen LogP contribution in [0.5, 0.6) is 0 Å². The summed E-state index contributed by atoms with van der Waals surface area (Å²) in [5, 5.41) is 10.2. The minimum atomic E-state index is -2.79. The molecule has 0 radical (unpaired) electrons. The van der Waals surface area contributed by atoms with Gasteiger partial charge in [-0.3, -0.25) is 0 Å². The fraction of sp³-hybridized carbons (Fsp3) is 0.0385. The van der Waals surface area contributed by atoms with Gasteiger partial charge in [0.15, 0.2) is 8.07 Å². The Hall–Kier alpha value is -6.62. The SMILES string of the molecule is Cc1cc2c3c(c1)c1cc(C)cc4c1n3-c1c(ccc3c1B2c1cccc2c(-c5ccccc5)c(-c5ccccc5)n-3c12)[Si]41c2ccccc2-c2ccccc21. The predicted molar refractivity (Wildman–Crippen MR) is 239 cm³/mol. The van der Waals surface area contributed by atoms with Crippen LogP contribution in [-0.2, 0) is 0 Å². The lowest BCUT2D eigenvalue weighted by molar-refractivity contribution is 1.12. The van der Waals surface area contributed by atoms with Gasteiger partial charge < -0.3 is 9.13 Å². The number of hydrogen-bond donors (Lipinski definition) is 0. The van der Waals surface area contributed by atoms with E-state index in [1.807, 2.05) is 0 Å². The second-order valence-electron chi connectivity index (χ2n) is 16.5. The topological polar surface area (TPSA) is 9.86 Å². The van der Waals surface area contributed by atoms with E-state index in [1.165, 1.54) is 126 Å². The van der Waals surface area contributed by atoms with Crippen molar-refractivity contribution in [2.24, 2.45) is 0 Å². The molecule has 2 nitrogen and oxygen atoms in total. The lowest BCUT2D eigenvalue weighted by Crippen LogP contribution is -2.76. The molecule has 1 spiro atoms. The maximum Gasteiger partial charge on any atom is 0.252 e. The van der Waals surface area contributed by atoms with Crippen LogP contribution in [0.2, 0.25) is 0 Å². The summed E-state index contributed by atoms with van der Waals surface area (Å²) in [6.45, 7) is 4.71. The summed E-state index contributed by atoms with van der Waals surface area (Å²) in [7, 11) is -2.79. The zero-order valence-electron chi connectivity index (χ0n) is 31.1. The van der Waals surface area contributed by atoms with E-state index in [2.05, 4.69) is 187 Å². The van der Waals surface area contributed by atoms with Crippen molar-refractivity contribution >= 4 is 84.6 Å². The molecule has 0 saturated heterocycles.